The van der Waals surface area contributed by atoms with Gasteiger partial charge in [-0.05, 0) is 28.5 Å². The first-order chi connectivity index (χ1) is 9.67. The topological polar surface area (TPSA) is 88.8 Å². The van der Waals surface area contributed by atoms with Crippen LogP contribution in [0.5, 0.6) is 0 Å². The average Bonchev–Trinajstić information content (AvgIpc) is 2.89. The molecule has 0 amide bonds. The van der Waals surface area contributed by atoms with Gasteiger partial charge in [0.25, 0.3) is 0 Å². The molecule has 0 aliphatic heterocycles. The van der Waals surface area contributed by atoms with Crippen LogP contribution in [0.4, 0.5) is 17.3 Å². The second-order valence-electron chi connectivity index (χ2n) is 3.84. The molecule has 7 nitrogen and oxygen atoms in total. The zero-order chi connectivity index (χ0) is 14.1. The Morgan fingerprint density at radius 3 is 2.35 bits per heavy atom. The van der Waals surface area contributed by atoms with Crippen molar-refractivity contribution < 1.29 is 4.63 Å². The molecule has 0 radical (unpaired) electrons. The predicted molar refractivity (Wildman–Crippen MR) is 76.7 cm³/mol. The number of anilines is 3. The molecule has 0 spiro atoms. The van der Waals surface area contributed by atoms with Crippen LogP contribution in [0, 0.1) is 0 Å². The minimum Gasteiger partial charge on any atom is -0.370 e. The number of nitrogens with one attached hydrogen (secondary N) is 2. The van der Waals surface area contributed by atoms with E-state index in [1.54, 1.807) is 25.2 Å². The summed E-state index contributed by atoms with van der Waals surface area (Å²) in [6.07, 6.45) is 0. The molecule has 0 atom stereocenters. The molecular weight excluding hydrogens is 303 g/mol. The monoisotopic (exact) mass is 310 g/mol. The van der Waals surface area contributed by atoms with Crippen molar-refractivity contribution in [2.45, 2.75) is 0 Å². The van der Waals surface area contributed by atoms with Gasteiger partial charge in [-0.25, -0.2) is 14.6 Å². The summed E-state index contributed by atoms with van der Waals surface area (Å²) >= 11 is 11.8. The quantitative estimate of drug-likeness (QED) is 0.768. The molecule has 3 aromatic rings. The molecular formula is C11H8Cl2N6O. The van der Waals surface area contributed by atoms with E-state index in [4.69, 9.17) is 23.2 Å². The first-order valence-electron chi connectivity index (χ1n) is 5.57. The molecule has 0 aliphatic carbocycles. The van der Waals surface area contributed by atoms with Gasteiger partial charge in [0.05, 0.1) is 10.0 Å². The van der Waals surface area contributed by atoms with E-state index in [9.17, 15) is 0 Å². The fourth-order valence-corrected chi connectivity index (χ4v) is 1.91. The van der Waals surface area contributed by atoms with E-state index in [0.29, 0.717) is 33.0 Å². The Morgan fingerprint density at radius 1 is 1.00 bits per heavy atom. The highest BCUT2D eigenvalue weighted by Gasteiger charge is 2.12. The van der Waals surface area contributed by atoms with Gasteiger partial charge in [0, 0.05) is 12.7 Å². The van der Waals surface area contributed by atoms with Crippen molar-refractivity contribution in [3.8, 4) is 0 Å². The van der Waals surface area contributed by atoms with Crippen LogP contribution in [0.1, 0.15) is 0 Å². The molecule has 0 aliphatic rings. The van der Waals surface area contributed by atoms with E-state index in [1.165, 1.54) is 0 Å². The molecule has 0 fully saturated rings. The van der Waals surface area contributed by atoms with Crippen molar-refractivity contribution in [2.75, 3.05) is 17.7 Å². The summed E-state index contributed by atoms with van der Waals surface area (Å²) in [6, 6.07) is 5.16. The fourth-order valence-electron chi connectivity index (χ4n) is 1.61. The Labute approximate surface area is 123 Å². The normalized spacial score (nSPS) is 10.8. The molecule has 9 heteroatoms. The van der Waals surface area contributed by atoms with E-state index < -0.39 is 0 Å². The Bertz CT molecular complexity index is 775. The van der Waals surface area contributed by atoms with E-state index in [0.717, 1.165) is 5.69 Å². The summed E-state index contributed by atoms with van der Waals surface area (Å²) in [7, 11) is 1.73. The number of nitrogens with zero attached hydrogens (tertiary/aromatic N) is 4. The fraction of sp³-hybridized carbons (Fsp3) is 0.0909. The van der Waals surface area contributed by atoms with Crippen LogP contribution in [-0.2, 0) is 0 Å². The second-order valence-corrected chi connectivity index (χ2v) is 4.65. The molecule has 0 saturated heterocycles. The van der Waals surface area contributed by atoms with Crippen LogP contribution >= 0.6 is 23.2 Å². The Hall–Kier alpha value is -2.12. The first kappa shape index (κ1) is 12.9. The zero-order valence-electron chi connectivity index (χ0n) is 10.2. The van der Waals surface area contributed by atoms with Crippen molar-refractivity contribution in [2.24, 2.45) is 0 Å². The zero-order valence-corrected chi connectivity index (χ0v) is 11.7. The Balaban J connectivity index is 2.01. The maximum Gasteiger partial charge on any atom is 0.245 e. The molecule has 0 unspecified atom stereocenters. The standard InChI is InChI=1S/C11H8Cl2N6O/c1-14-8-9(17-11-10(16-8)18-20-19-11)15-5-2-3-6(12)7(13)4-5/h2-4H,1H3,(H,14,16,18)(H,15,17,19). The Morgan fingerprint density at radius 2 is 1.70 bits per heavy atom. The summed E-state index contributed by atoms with van der Waals surface area (Å²) in [5, 5.41) is 14.2. The average molecular weight is 311 g/mol. The molecule has 2 aromatic heterocycles. The third-order valence-electron chi connectivity index (χ3n) is 2.53. The number of aromatic nitrogens is 4. The van der Waals surface area contributed by atoms with E-state index in [-0.39, 0.29) is 0 Å². The molecule has 0 saturated carbocycles. The number of fused-ring (bicyclic) bond motifs is 1. The smallest absolute Gasteiger partial charge is 0.245 e. The molecule has 0 bridgehead atoms. The largest absolute Gasteiger partial charge is 0.370 e. The van der Waals surface area contributed by atoms with Crippen LogP contribution in [0.2, 0.25) is 10.0 Å². The van der Waals surface area contributed by atoms with Crippen LogP contribution < -0.4 is 10.6 Å². The lowest BCUT2D eigenvalue weighted by atomic mass is 10.3. The third kappa shape index (κ3) is 2.33. The predicted octanol–water partition coefficient (Wildman–Crippen LogP) is 3.10. The highest BCUT2D eigenvalue weighted by Crippen LogP contribution is 2.28. The second kappa shape index (κ2) is 5.10. The molecule has 1 aromatic carbocycles. The maximum absolute atomic E-state index is 5.97. The van der Waals surface area contributed by atoms with Crippen LogP contribution in [0.3, 0.4) is 0 Å². The van der Waals surface area contributed by atoms with Gasteiger partial charge in [-0.15, -0.1) is 0 Å². The van der Waals surface area contributed by atoms with Crippen LogP contribution in [-0.4, -0.2) is 27.3 Å². The highest BCUT2D eigenvalue weighted by atomic mass is 35.5. The van der Waals surface area contributed by atoms with Crippen molar-refractivity contribution in [3.63, 3.8) is 0 Å². The van der Waals surface area contributed by atoms with Gasteiger partial charge in [-0.1, -0.05) is 23.2 Å². The summed E-state index contributed by atoms with van der Waals surface area (Å²) in [5.74, 6) is 0.994. The van der Waals surface area contributed by atoms with Gasteiger partial charge in [-0.3, -0.25) is 0 Å². The van der Waals surface area contributed by atoms with Crippen LogP contribution in [0.25, 0.3) is 11.3 Å². The maximum atomic E-state index is 5.97. The lowest BCUT2D eigenvalue weighted by molar-refractivity contribution is 0.314. The van der Waals surface area contributed by atoms with Crippen molar-refractivity contribution >= 4 is 51.8 Å². The number of hydrogen-bond acceptors (Lipinski definition) is 7. The number of hydrogen-bond donors (Lipinski definition) is 2. The van der Waals surface area contributed by atoms with Gasteiger partial charge in [0.15, 0.2) is 11.6 Å². The van der Waals surface area contributed by atoms with Crippen LogP contribution in [0.15, 0.2) is 22.8 Å². The minimum atomic E-state index is 0.312. The van der Waals surface area contributed by atoms with Gasteiger partial charge in [-0.2, -0.15) is 0 Å². The summed E-state index contributed by atoms with van der Waals surface area (Å²) < 4.78 is 4.59. The van der Waals surface area contributed by atoms with Gasteiger partial charge in [0.1, 0.15) is 0 Å². The highest BCUT2D eigenvalue weighted by molar-refractivity contribution is 6.42. The molecule has 2 N–H and O–H groups in total. The first-order valence-corrected chi connectivity index (χ1v) is 6.33. The van der Waals surface area contributed by atoms with Gasteiger partial charge >= 0.3 is 0 Å². The number of rotatable bonds is 3. The van der Waals surface area contributed by atoms with Crippen molar-refractivity contribution in [1.82, 2.24) is 20.3 Å². The minimum absolute atomic E-state index is 0.312. The molecule has 20 heavy (non-hydrogen) atoms. The summed E-state index contributed by atoms with van der Waals surface area (Å²) in [6.45, 7) is 0. The molecule has 2 heterocycles. The molecule has 102 valence electrons. The van der Waals surface area contributed by atoms with E-state index in [1.807, 2.05) is 0 Å². The SMILES string of the molecule is CNc1nc2nonc2nc1Nc1ccc(Cl)c(Cl)c1. The molecule has 3 rings (SSSR count). The lowest BCUT2D eigenvalue weighted by Gasteiger charge is -2.09. The van der Waals surface area contributed by atoms with E-state index in [2.05, 4.69) is 35.5 Å². The number of benzene rings is 1. The third-order valence-corrected chi connectivity index (χ3v) is 3.27. The van der Waals surface area contributed by atoms with Crippen molar-refractivity contribution in [3.05, 3.63) is 28.2 Å². The Kier molecular flexibility index (Phi) is 3.29. The van der Waals surface area contributed by atoms with E-state index >= 15 is 0 Å². The number of halogens is 2. The van der Waals surface area contributed by atoms with Gasteiger partial charge in [0.2, 0.25) is 11.3 Å². The lowest BCUT2D eigenvalue weighted by Crippen LogP contribution is -2.02. The van der Waals surface area contributed by atoms with Gasteiger partial charge < -0.3 is 10.6 Å². The van der Waals surface area contributed by atoms with Crippen molar-refractivity contribution in [1.29, 1.82) is 0 Å². The summed E-state index contributed by atoms with van der Waals surface area (Å²) in [5.41, 5.74) is 1.36. The summed E-state index contributed by atoms with van der Waals surface area (Å²) in [4.78, 5) is 8.50.